The summed E-state index contributed by atoms with van der Waals surface area (Å²) in [5.41, 5.74) is 2.34. The van der Waals surface area contributed by atoms with E-state index in [1.807, 2.05) is 19.1 Å². The van der Waals surface area contributed by atoms with Crippen molar-refractivity contribution in [3.05, 3.63) is 57.9 Å². The summed E-state index contributed by atoms with van der Waals surface area (Å²) in [5, 5.41) is 9.54. The third kappa shape index (κ3) is 3.63. The molecular formula is C19H21NO5. The molecule has 1 heterocycles. The fourth-order valence-corrected chi connectivity index (χ4v) is 2.89. The maximum absolute atomic E-state index is 12.9. The Hall–Kier alpha value is -2.89. The third-order valence-electron chi connectivity index (χ3n) is 4.12. The van der Waals surface area contributed by atoms with Gasteiger partial charge in [0.25, 0.3) is 0 Å². The minimum Gasteiger partial charge on any atom is -0.478 e. The van der Waals surface area contributed by atoms with Gasteiger partial charge in [-0.15, -0.1) is 0 Å². The number of nitrogens with zero attached hydrogens (tertiary/aromatic N) is 1. The number of carboxylic acid groups (broad SMARTS) is 1. The molecule has 0 fully saturated rings. The number of carbonyl (C=O) groups is 3. The second-order valence-electron chi connectivity index (χ2n) is 5.84. The normalized spacial score (nSPS) is 10.6. The van der Waals surface area contributed by atoms with E-state index >= 15 is 0 Å². The monoisotopic (exact) mass is 343 g/mol. The number of aryl methyl sites for hydroxylation is 1. The molecule has 1 aromatic carbocycles. The molecule has 0 saturated heterocycles. The van der Waals surface area contributed by atoms with Gasteiger partial charge in [0.1, 0.15) is 0 Å². The molecule has 0 unspecified atom stereocenters. The summed E-state index contributed by atoms with van der Waals surface area (Å²) in [6, 6.07) is 7.05. The molecule has 0 amide bonds. The molecule has 0 aliphatic carbocycles. The smallest absolute Gasteiger partial charge is 0.337 e. The van der Waals surface area contributed by atoms with Crippen LogP contribution in [0, 0.1) is 13.8 Å². The number of ether oxygens (including phenoxy) is 1. The van der Waals surface area contributed by atoms with Crippen molar-refractivity contribution in [2.24, 2.45) is 7.05 Å². The summed E-state index contributed by atoms with van der Waals surface area (Å²) >= 11 is 0. The first-order valence-corrected chi connectivity index (χ1v) is 7.96. The van der Waals surface area contributed by atoms with Gasteiger partial charge in [0.05, 0.1) is 24.3 Å². The molecule has 2 rings (SSSR count). The largest absolute Gasteiger partial charge is 0.478 e. The van der Waals surface area contributed by atoms with Crippen molar-refractivity contribution < 1.29 is 24.2 Å². The second kappa shape index (κ2) is 7.34. The van der Waals surface area contributed by atoms with Crippen molar-refractivity contribution in [3.8, 4) is 0 Å². The molecular weight excluding hydrogens is 322 g/mol. The zero-order valence-corrected chi connectivity index (χ0v) is 14.8. The van der Waals surface area contributed by atoms with E-state index in [2.05, 4.69) is 0 Å². The Labute approximate surface area is 146 Å². The highest BCUT2D eigenvalue weighted by atomic mass is 16.5. The van der Waals surface area contributed by atoms with Crippen LogP contribution >= 0.6 is 0 Å². The number of carbonyl (C=O) groups excluding carboxylic acids is 2. The lowest BCUT2D eigenvalue weighted by Crippen LogP contribution is -2.15. The van der Waals surface area contributed by atoms with Gasteiger partial charge in [0.2, 0.25) is 5.78 Å². The average molecular weight is 343 g/mol. The lowest BCUT2D eigenvalue weighted by molar-refractivity contribution is -0.142. The van der Waals surface area contributed by atoms with Crippen LogP contribution in [0.15, 0.2) is 24.3 Å². The van der Waals surface area contributed by atoms with Gasteiger partial charge in [0, 0.05) is 18.3 Å². The van der Waals surface area contributed by atoms with Gasteiger partial charge in [-0.3, -0.25) is 9.59 Å². The predicted octanol–water partition coefficient (Wildman–Crippen LogP) is 2.68. The third-order valence-corrected chi connectivity index (χ3v) is 4.12. The topological polar surface area (TPSA) is 85.6 Å². The quantitative estimate of drug-likeness (QED) is 0.644. The van der Waals surface area contributed by atoms with Gasteiger partial charge in [-0.1, -0.05) is 29.8 Å². The molecule has 0 aliphatic heterocycles. The first kappa shape index (κ1) is 18.4. The van der Waals surface area contributed by atoms with E-state index in [0.717, 1.165) is 5.56 Å². The molecule has 2 aromatic rings. The van der Waals surface area contributed by atoms with E-state index in [1.165, 1.54) is 4.57 Å². The molecule has 0 bridgehead atoms. The standard InChI is InChI=1S/C19H21NO5/c1-5-25-15(21)10-14-16(19(23)24)12(3)17(20(14)4)18(22)13-8-6-11(2)7-9-13/h6-9H,5,10H2,1-4H3,(H,23,24). The molecule has 0 aliphatic rings. The molecule has 1 aromatic heterocycles. The summed E-state index contributed by atoms with van der Waals surface area (Å²) in [5.74, 6) is -1.98. The minimum atomic E-state index is -1.17. The van der Waals surface area contributed by atoms with Crippen LogP contribution in [0.2, 0.25) is 0 Å². The number of esters is 1. The molecule has 1 N–H and O–H groups in total. The Morgan fingerprint density at radius 3 is 2.24 bits per heavy atom. The Bertz CT molecular complexity index is 830. The fourth-order valence-electron chi connectivity index (χ4n) is 2.89. The Kier molecular flexibility index (Phi) is 5.41. The zero-order chi connectivity index (χ0) is 18.7. The van der Waals surface area contributed by atoms with Crippen LogP contribution in [0.4, 0.5) is 0 Å². The molecule has 6 nitrogen and oxygen atoms in total. The van der Waals surface area contributed by atoms with Gasteiger partial charge in [-0.25, -0.2) is 4.79 Å². The summed E-state index contributed by atoms with van der Waals surface area (Å²) in [6.07, 6.45) is -0.200. The number of hydrogen-bond acceptors (Lipinski definition) is 4. The molecule has 0 saturated carbocycles. The molecule has 6 heteroatoms. The van der Waals surface area contributed by atoms with E-state index in [0.29, 0.717) is 11.1 Å². The summed E-state index contributed by atoms with van der Waals surface area (Å²) < 4.78 is 6.40. The van der Waals surface area contributed by atoms with Crippen molar-refractivity contribution in [1.29, 1.82) is 0 Å². The SMILES string of the molecule is CCOC(=O)Cc1c(C(=O)O)c(C)c(C(=O)c2ccc(C)cc2)n1C. The van der Waals surface area contributed by atoms with Crippen LogP contribution in [0.1, 0.15) is 50.2 Å². The summed E-state index contributed by atoms with van der Waals surface area (Å²) in [6.45, 7) is 5.39. The molecule has 132 valence electrons. The van der Waals surface area contributed by atoms with E-state index < -0.39 is 11.9 Å². The lowest BCUT2D eigenvalue weighted by Gasteiger charge is -2.08. The maximum Gasteiger partial charge on any atom is 0.337 e. The summed E-state index contributed by atoms with van der Waals surface area (Å²) in [7, 11) is 1.59. The van der Waals surface area contributed by atoms with Crippen LogP contribution in [0.5, 0.6) is 0 Å². The first-order valence-electron chi connectivity index (χ1n) is 7.96. The van der Waals surface area contributed by atoms with E-state index in [9.17, 15) is 19.5 Å². The number of aromatic nitrogens is 1. The number of carboxylic acids is 1. The first-order chi connectivity index (χ1) is 11.8. The highest BCUT2D eigenvalue weighted by molar-refractivity contribution is 6.11. The van der Waals surface area contributed by atoms with Crippen LogP contribution in [-0.2, 0) is 23.0 Å². The number of rotatable bonds is 6. The van der Waals surface area contributed by atoms with Gasteiger partial charge >= 0.3 is 11.9 Å². The molecule has 25 heavy (non-hydrogen) atoms. The predicted molar refractivity (Wildman–Crippen MR) is 92.1 cm³/mol. The van der Waals surface area contributed by atoms with Crippen LogP contribution in [-0.4, -0.2) is 34.0 Å². The van der Waals surface area contributed by atoms with Crippen molar-refractivity contribution in [2.45, 2.75) is 27.2 Å². The molecule has 0 atom stereocenters. The molecule has 0 radical (unpaired) electrons. The minimum absolute atomic E-state index is 0.0222. The van der Waals surface area contributed by atoms with Crippen molar-refractivity contribution in [2.75, 3.05) is 6.61 Å². The molecule has 0 spiro atoms. The Balaban J connectivity index is 2.55. The highest BCUT2D eigenvalue weighted by Gasteiger charge is 2.28. The number of benzene rings is 1. The van der Waals surface area contributed by atoms with Gasteiger partial charge in [0.15, 0.2) is 0 Å². The highest BCUT2D eigenvalue weighted by Crippen LogP contribution is 2.25. The van der Waals surface area contributed by atoms with E-state index in [-0.39, 0.29) is 35.8 Å². The van der Waals surface area contributed by atoms with E-state index in [1.54, 1.807) is 33.0 Å². The van der Waals surface area contributed by atoms with Gasteiger partial charge < -0.3 is 14.4 Å². The lowest BCUT2D eigenvalue weighted by atomic mass is 10.0. The number of hydrogen-bond donors (Lipinski definition) is 1. The zero-order valence-electron chi connectivity index (χ0n) is 14.8. The van der Waals surface area contributed by atoms with Crippen molar-refractivity contribution >= 4 is 17.7 Å². The fraction of sp³-hybridized carbons (Fsp3) is 0.316. The Morgan fingerprint density at radius 1 is 1.12 bits per heavy atom. The van der Waals surface area contributed by atoms with Gasteiger partial charge in [-0.2, -0.15) is 0 Å². The number of aromatic carboxylic acids is 1. The van der Waals surface area contributed by atoms with Crippen LogP contribution < -0.4 is 0 Å². The Morgan fingerprint density at radius 2 is 1.72 bits per heavy atom. The summed E-state index contributed by atoms with van der Waals surface area (Å²) in [4.78, 5) is 36.4. The average Bonchev–Trinajstić information content (AvgIpc) is 2.78. The van der Waals surface area contributed by atoms with E-state index in [4.69, 9.17) is 4.74 Å². The maximum atomic E-state index is 12.9. The second-order valence-corrected chi connectivity index (χ2v) is 5.84. The van der Waals surface area contributed by atoms with Crippen LogP contribution in [0.3, 0.4) is 0 Å². The van der Waals surface area contributed by atoms with Crippen molar-refractivity contribution in [1.82, 2.24) is 4.57 Å². The van der Waals surface area contributed by atoms with Crippen LogP contribution in [0.25, 0.3) is 0 Å². The number of ketones is 1. The van der Waals surface area contributed by atoms with Crippen molar-refractivity contribution in [3.63, 3.8) is 0 Å². The van der Waals surface area contributed by atoms with Gasteiger partial charge in [-0.05, 0) is 26.3 Å².